The second-order valence-corrected chi connectivity index (χ2v) is 5.22. The van der Waals surface area contributed by atoms with E-state index in [0.717, 1.165) is 12.2 Å². The topological polar surface area (TPSA) is 88.5 Å². The SMILES string of the molecule is CCCOc1ccc(C(=O)CCC(=O)Nc2ncccc2O)cc1. The van der Waals surface area contributed by atoms with E-state index in [1.54, 1.807) is 30.3 Å². The maximum absolute atomic E-state index is 12.1. The van der Waals surface area contributed by atoms with Crippen molar-refractivity contribution < 1.29 is 19.4 Å². The minimum absolute atomic E-state index is 0.0168. The van der Waals surface area contributed by atoms with Crippen LogP contribution in [0.1, 0.15) is 36.5 Å². The number of aromatic nitrogens is 1. The highest BCUT2D eigenvalue weighted by Gasteiger charge is 2.11. The first-order chi connectivity index (χ1) is 11.6. The van der Waals surface area contributed by atoms with Gasteiger partial charge in [0.15, 0.2) is 17.4 Å². The Kier molecular flexibility index (Phi) is 6.31. The number of benzene rings is 1. The van der Waals surface area contributed by atoms with E-state index in [0.29, 0.717) is 12.2 Å². The summed E-state index contributed by atoms with van der Waals surface area (Å²) in [5.74, 6) is 0.196. The van der Waals surface area contributed by atoms with Gasteiger partial charge in [-0.25, -0.2) is 4.98 Å². The summed E-state index contributed by atoms with van der Waals surface area (Å²) >= 11 is 0. The molecule has 0 saturated carbocycles. The van der Waals surface area contributed by atoms with Gasteiger partial charge in [0.25, 0.3) is 0 Å². The number of anilines is 1. The summed E-state index contributed by atoms with van der Waals surface area (Å²) in [5.41, 5.74) is 0.535. The Morgan fingerprint density at radius 2 is 1.92 bits per heavy atom. The van der Waals surface area contributed by atoms with Crippen molar-refractivity contribution in [2.24, 2.45) is 0 Å². The molecule has 0 aliphatic rings. The summed E-state index contributed by atoms with van der Waals surface area (Å²) in [5, 5.41) is 12.0. The Morgan fingerprint density at radius 3 is 2.58 bits per heavy atom. The zero-order valence-electron chi connectivity index (χ0n) is 13.5. The predicted molar refractivity (Wildman–Crippen MR) is 90.3 cm³/mol. The molecular formula is C18H20N2O4. The number of amides is 1. The third kappa shape index (κ3) is 5.08. The Balaban J connectivity index is 1.84. The maximum Gasteiger partial charge on any atom is 0.226 e. The summed E-state index contributed by atoms with van der Waals surface area (Å²) in [4.78, 5) is 27.8. The van der Waals surface area contributed by atoms with Crippen molar-refractivity contribution in [2.45, 2.75) is 26.2 Å². The zero-order valence-corrected chi connectivity index (χ0v) is 13.5. The number of carbonyl (C=O) groups is 2. The van der Waals surface area contributed by atoms with E-state index in [4.69, 9.17) is 4.74 Å². The molecule has 0 aliphatic heterocycles. The van der Waals surface area contributed by atoms with Gasteiger partial charge < -0.3 is 15.2 Å². The Hall–Kier alpha value is -2.89. The molecule has 0 saturated heterocycles. The van der Waals surface area contributed by atoms with Gasteiger partial charge in [-0.05, 0) is 42.8 Å². The Bertz CT molecular complexity index is 698. The van der Waals surface area contributed by atoms with Gasteiger partial charge >= 0.3 is 0 Å². The fourth-order valence-corrected chi connectivity index (χ4v) is 2.02. The van der Waals surface area contributed by atoms with Crippen LogP contribution in [0, 0.1) is 0 Å². The van der Waals surface area contributed by atoms with E-state index in [1.807, 2.05) is 6.92 Å². The molecule has 2 N–H and O–H groups in total. The van der Waals surface area contributed by atoms with Gasteiger partial charge in [-0.15, -0.1) is 0 Å². The number of nitrogens with zero attached hydrogens (tertiary/aromatic N) is 1. The van der Waals surface area contributed by atoms with E-state index in [1.165, 1.54) is 12.3 Å². The van der Waals surface area contributed by atoms with Crippen molar-refractivity contribution in [1.29, 1.82) is 0 Å². The molecule has 0 atom stereocenters. The monoisotopic (exact) mass is 328 g/mol. The molecule has 2 aromatic rings. The van der Waals surface area contributed by atoms with Gasteiger partial charge in [-0.1, -0.05) is 6.92 Å². The van der Waals surface area contributed by atoms with Crippen molar-refractivity contribution in [2.75, 3.05) is 11.9 Å². The van der Waals surface area contributed by atoms with E-state index < -0.39 is 0 Å². The standard InChI is InChI=1S/C18H20N2O4/c1-2-12-24-14-7-5-13(6-8-14)15(21)9-10-17(23)20-18-16(22)4-3-11-19-18/h3-8,11,22H,2,9-10,12H2,1H3,(H,19,20,23). The average molecular weight is 328 g/mol. The van der Waals surface area contributed by atoms with Crippen LogP contribution in [0.5, 0.6) is 11.5 Å². The summed E-state index contributed by atoms with van der Waals surface area (Å²) < 4.78 is 5.46. The zero-order chi connectivity index (χ0) is 17.4. The van der Waals surface area contributed by atoms with Gasteiger partial charge in [0.05, 0.1) is 6.61 Å². The molecule has 2 rings (SSSR count). The molecule has 0 bridgehead atoms. The number of carbonyl (C=O) groups excluding carboxylic acids is 2. The van der Waals surface area contributed by atoms with Gasteiger partial charge in [0.2, 0.25) is 5.91 Å². The van der Waals surface area contributed by atoms with E-state index in [-0.39, 0.29) is 36.1 Å². The number of nitrogens with one attached hydrogen (secondary N) is 1. The summed E-state index contributed by atoms with van der Waals surface area (Å²) in [6.45, 7) is 2.65. The van der Waals surface area contributed by atoms with Crippen LogP contribution < -0.4 is 10.1 Å². The lowest BCUT2D eigenvalue weighted by Gasteiger charge is -2.07. The second kappa shape index (κ2) is 8.67. The van der Waals surface area contributed by atoms with Crippen LogP contribution in [0.2, 0.25) is 0 Å². The van der Waals surface area contributed by atoms with Gasteiger partial charge in [0.1, 0.15) is 5.75 Å². The molecule has 24 heavy (non-hydrogen) atoms. The third-order valence-corrected chi connectivity index (χ3v) is 3.27. The predicted octanol–water partition coefficient (Wildman–Crippen LogP) is 3.18. The molecule has 6 nitrogen and oxygen atoms in total. The molecular weight excluding hydrogens is 308 g/mol. The lowest BCUT2D eigenvalue weighted by Crippen LogP contribution is -2.14. The number of Topliss-reactive ketones (excluding diaryl/α,β-unsaturated/α-hetero) is 1. The van der Waals surface area contributed by atoms with Gasteiger partial charge in [0, 0.05) is 24.6 Å². The molecule has 0 aliphatic carbocycles. The summed E-state index contributed by atoms with van der Waals surface area (Å²) in [6, 6.07) is 9.85. The fourth-order valence-electron chi connectivity index (χ4n) is 2.02. The van der Waals surface area contributed by atoms with E-state index in [2.05, 4.69) is 10.3 Å². The first-order valence-corrected chi connectivity index (χ1v) is 7.80. The average Bonchev–Trinajstić information content (AvgIpc) is 2.60. The van der Waals surface area contributed by atoms with Crippen LogP contribution in [0.3, 0.4) is 0 Å². The van der Waals surface area contributed by atoms with Gasteiger partial charge in [-0.3, -0.25) is 9.59 Å². The van der Waals surface area contributed by atoms with Gasteiger partial charge in [-0.2, -0.15) is 0 Å². The van der Waals surface area contributed by atoms with Crippen molar-refractivity contribution >= 4 is 17.5 Å². The number of ether oxygens (including phenoxy) is 1. The number of aromatic hydroxyl groups is 1. The molecule has 0 radical (unpaired) electrons. The highest BCUT2D eigenvalue weighted by atomic mass is 16.5. The quantitative estimate of drug-likeness (QED) is 0.727. The molecule has 0 fully saturated rings. The largest absolute Gasteiger partial charge is 0.504 e. The van der Waals surface area contributed by atoms with E-state index >= 15 is 0 Å². The molecule has 0 unspecified atom stereocenters. The van der Waals surface area contributed by atoms with Crippen molar-refractivity contribution in [3.05, 3.63) is 48.2 Å². The first kappa shape index (κ1) is 17.5. The third-order valence-electron chi connectivity index (χ3n) is 3.27. The van der Waals surface area contributed by atoms with Crippen LogP contribution >= 0.6 is 0 Å². The van der Waals surface area contributed by atoms with Crippen LogP contribution in [0.4, 0.5) is 5.82 Å². The molecule has 126 valence electrons. The van der Waals surface area contributed by atoms with E-state index in [9.17, 15) is 14.7 Å². The number of ketones is 1. The number of pyridine rings is 1. The Morgan fingerprint density at radius 1 is 1.17 bits per heavy atom. The highest BCUT2D eigenvalue weighted by molar-refractivity contribution is 6.00. The van der Waals surface area contributed by atoms with Crippen LogP contribution in [-0.4, -0.2) is 28.4 Å². The number of rotatable bonds is 8. The van der Waals surface area contributed by atoms with Crippen LogP contribution in [-0.2, 0) is 4.79 Å². The molecule has 1 aromatic heterocycles. The minimum Gasteiger partial charge on any atom is -0.504 e. The fraction of sp³-hybridized carbons (Fsp3) is 0.278. The number of hydrogen-bond acceptors (Lipinski definition) is 5. The Labute approximate surface area is 140 Å². The van der Waals surface area contributed by atoms with Crippen LogP contribution in [0.15, 0.2) is 42.6 Å². The normalized spacial score (nSPS) is 10.2. The number of hydrogen-bond donors (Lipinski definition) is 2. The molecule has 1 aromatic carbocycles. The molecule has 6 heteroatoms. The molecule has 1 heterocycles. The first-order valence-electron chi connectivity index (χ1n) is 7.80. The highest BCUT2D eigenvalue weighted by Crippen LogP contribution is 2.19. The molecule has 0 spiro atoms. The van der Waals surface area contributed by atoms with Crippen molar-refractivity contribution in [1.82, 2.24) is 4.98 Å². The minimum atomic E-state index is -0.375. The summed E-state index contributed by atoms with van der Waals surface area (Å²) in [6.07, 6.45) is 2.47. The van der Waals surface area contributed by atoms with Crippen molar-refractivity contribution in [3.63, 3.8) is 0 Å². The lowest BCUT2D eigenvalue weighted by atomic mass is 10.1. The van der Waals surface area contributed by atoms with Crippen LogP contribution in [0.25, 0.3) is 0 Å². The second-order valence-electron chi connectivity index (χ2n) is 5.22. The van der Waals surface area contributed by atoms with Crippen molar-refractivity contribution in [3.8, 4) is 11.5 Å². The smallest absolute Gasteiger partial charge is 0.226 e. The summed E-state index contributed by atoms with van der Waals surface area (Å²) in [7, 11) is 0. The maximum atomic E-state index is 12.1. The lowest BCUT2D eigenvalue weighted by molar-refractivity contribution is -0.116. The molecule has 1 amide bonds.